The lowest BCUT2D eigenvalue weighted by Crippen LogP contribution is -2.39. The zero-order valence-electron chi connectivity index (χ0n) is 16.0. The van der Waals surface area contributed by atoms with Crippen LogP contribution in [0.15, 0.2) is 36.4 Å². The second kappa shape index (κ2) is 8.23. The Hall–Kier alpha value is -2.90. The topological polar surface area (TPSA) is 102 Å². The third-order valence-electron chi connectivity index (χ3n) is 4.91. The summed E-state index contributed by atoms with van der Waals surface area (Å²) in [5.74, 6) is -1.30. The number of hydrogen-bond donors (Lipinski definition) is 2. The number of alkyl halides is 1. The van der Waals surface area contributed by atoms with Crippen LogP contribution in [0.25, 0.3) is 0 Å². The van der Waals surface area contributed by atoms with Gasteiger partial charge in [-0.3, -0.25) is 14.4 Å². The van der Waals surface area contributed by atoms with Gasteiger partial charge in [0.25, 0.3) is 0 Å². The Morgan fingerprint density at radius 2 is 1.62 bits per heavy atom. The molecule has 1 aliphatic rings. The lowest BCUT2D eigenvalue weighted by molar-refractivity contribution is -0.118. The average Bonchev–Trinajstić information content (AvgIpc) is 2.95. The van der Waals surface area contributed by atoms with Crippen LogP contribution in [0, 0.1) is 0 Å². The molecule has 152 valence electrons. The molecule has 0 aliphatic heterocycles. The van der Waals surface area contributed by atoms with Crippen molar-refractivity contribution in [1.29, 1.82) is 0 Å². The summed E-state index contributed by atoms with van der Waals surface area (Å²) >= 11 is 5.49. The van der Waals surface area contributed by atoms with Crippen LogP contribution in [-0.4, -0.2) is 49.2 Å². The van der Waals surface area contributed by atoms with Crippen molar-refractivity contribution in [1.82, 2.24) is 5.32 Å². The highest BCUT2D eigenvalue weighted by molar-refractivity contribution is 6.32. The maximum atomic E-state index is 13.0. The van der Waals surface area contributed by atoms with Crippen molar-refractivity contribution in [2.45, 2.75) is 12.0 Å². The van der Waals surface area contributed by atoms with Gasteiger partial charge in [-0.25, -0.2) is 0 Å². The standard InChI is InChI=1S/C21H20ClNO6/c1-28-16-9-12(7-8-23-18(24)11-22)15(10-17(16)29-2)21(27)19(25)13-5-3-4-6-14(13)20(21)26/h3-6,9-10,27H,7-8,11H2,1-2H3,(H,23,24). The highest BCUT2D eigenvalue weighted by Gasteiger charge is 2.54. The van der Waals surface area contributed by atoms with Crippen molar-refractivity contribution in [3.63, 3.8) is 0 Å². The fourth-order valence-corrected chi connectivity index (χ4v) is 3.56. The zero-order valence-corrected chi connectivity index (χ0v) is 16.7. The summed E-state index contributed by atoms with van der Waals surface area (Å²) in [6, 6.07) is 9.30. The number of aliphatic hydroxyl groups is 1. The Labute approximate surface area is 172 Å². The molecule has 0 atom stereocenters. The van der Waals surface area contributed by atoms with Crippen LogP contribution >= 0.6 is 11.6 Å². The number of benzene rings is 2. The van der Waals surface area contributed by atoms with Crippen molar-refractivity contribution < 1.29 is 29.0 Å². The quantitative estimate of drug-likeness (QED) is 0.526. The van der Waals surface area contributed by atoms with E-state index >= 15 is 0 Å². The number of hydrogen-bond acceptors (Lipinski definition) is 6. The smallest absolute Gasteiger partial charge is 0.234 e. The van der Waals surface area contributed by atoms with Crippen LogP contribution in [0.5, 0.6) is 11.5 Å². The lowest BCUT2D eigenvalue weighted by Gasteiger charge is -2.24. The summed E-state index contributed by atoms with van der Waals surface area (Å²) in [6.45, 7) is 0.194. The van der Waals surface area contributed by atoms with E-state index in [2.05, 4.69) is 5.32 Å². The van der Waals surface area contributed by atoms with Crippen LogP contribution in [0.2, 0.25) is 0 Å². The van der Waals surface area contributed by atoms with Gasteiger partial charge in [0.05, 0.1) is 14.2 Å². The molecule has 1 amide bonds. The van der Waals surface area contributed by atoms with Crippen molar-refractivity contribution in [3.8, 4) is 11.5 Å². The first-order chi connectivity index (χ1) is 13.9. The Morgan fingerprint density at radius 3 is 2.14 bits per heavy atom. The number of rotatable bonds is 7. The Balaban J connectivity index is 2.10. The maximum Gasteiger partial charge on any atom is 0.234 e. The van der Waals surface area contributed by atoms with E-state index in [1.165, 1.54) is 32.4 Å². The van der Waals surface area contributed by atoms with Gasteiger partial charge in [-0.05, 0) is 24.1 Å². The van der Waals surface area contributed by atoms with Crippen LogP contribution < -0.4 is 14.8 Å². The number of nitrogens with one attached hydrogen (secondary N) is 1. The predicted octanol–water partition coefficient (Wildman–Crippen LogP) is 1.87. The molecule has 0 saturated carbocycles. The van der Waals surface area contributed by atoms with E-state index in [1.807, 2.05) is 0 Å². The SMILES string of the molecule is COc1cc(CCNC(=O)CCl)c(C2(O)C(=O)c3ccccc3C2=O)cc1OC. The van der Waals surface area contributed by atoms with E-state index in [0.717, 1.165) is 0 Å². The van der Waals surface area contributed by atoms with Crippen molar-refractivity contribution in [3.05, 3.63) is 58.7 Å². The van der Waals surface area contributed by atoms with E-state index in [4.69, 9.17) is 21.1 Å². The molecule has 1 aliphatic carbocycles. The van der Waals surface area contributed by atoms with E-state index in [0.29, 0.717) is 11.3 Å². The van der Waals surface area contributed by atoms with Crippen molar-refractivity contribution in [2.75, 3.05) is 26.6 Å². The van der Waals surface area contributed by atoms with Gasteiger partial charge < -0.3 is 19.9 Å². The fraction of sp³-hybridized carbons (Fsp3) is 0.286. The van der Waals surface area contributed by atoms with E-state index in [-0.39, 0.29) is 47.2 Å². The number of amides is 1. The van der Waals surface area contributed by atoms with E-state index in [1.54, 1.807) is 18.2 Å². The summed E-state index contributed by atoms with van der Waals surface area (Å²) in [7, 11) is 2.87. The molecule has 2 N–H and O–H groups in total. The number of fused-ring (bicyclic) bond motifs is 1. The van der Waals surface area contributed by atoms with Gasteiger partial charge in [0.15, 0.2) is 11.5 Å². The minimum absolute atomic E-state index is 0.0986. The fourth-order valence-electron chi connectivity index (χ4n) is 3.47. The molecule has 0 fully saturated rings. The van der Waals surface area contributed by atoms with Gasteiger partial charge in [0.2, 0.25) is 23.1 Å². The third kappa shape index (κ3) is 3.47. The molecule has 8 heteroatoms. The number of carbonyl (C=O) groups is 3. The highest BCUT2D eigenvalue weighted by atomic mass is 35.5. The summed E-state index contributed by atoms with van der Waals surface area (Å²) < 4.78 is 10.6. The molecule has 0 saturated heterocycles. The van der Waals surface area contributed by atoms with Gasteiger partial charge >= 0.3 is 0 Å². The molecule has 0 bridgehead atoms. The third-order valence-corrected chi connectivity index (χ3v) is 5.15. The molecule has 0 aromatic heterocycles. The molecule has 3 rings (SSSR count). The van der Waals surface area contributed by atoms with Gasteiger partial charge in [0, 0.05) is 23.2 Å². The highest BCUT2D eigenvalue weighted by Crippen LogP contribution is 2.42. The lowest BCUT2D eigenvalue weighted by atomic mass is 9.84. The Kier molecular flexibility index (Phi) is 5.91. The first kappa shape index (κ1) is 20.8. The minimum Gasteiger partial charge on any atom is -0.493 e. The molecular weight excluding hydrogens is 398 g/mol. The molecule has 0 unspecified atom stereocenters. The summed E-state index contributed by atoms with van der Waals surface area (Å²) in [5, 5.41) is 14.0. The largest absolute Gasteiger partial charge is 0.493 e. The molecule has 7 nitrogen and oxygen atoms in total. The van der Waals surface area contributed by atoms with Crippen molar-refractivity contribution in [2.24, 2.45) is 0 Å². The number of carbonyl (C=O) groups excluding carboxylic acids is 3. The first-order valence-corrected chi connectivity index (χ1v) is 9.41. The van der Waals surface area contributed by atoms with Gasteiger partial charge in [-0.2, -0.15) is 0 Å². The molecule has 2 aromatic carbocycles. The second-order valence-corrected chi connectivity index (χ2v) is 6.78. The van der Waals surface area contributed by atoms with E-state index < -0.39 is 17.2 Å². The number of halogens is 1. The Morgan fingerprint density at radius 1 is 1.07 bits per heavy atom. The average molecular weight is 418 g/mol. The second-order valence-electron chi connectivity index (χ2n) is 6.51. The van der Waals surface area contributed by atoms with Gasteiger partial charge in [-0.15, -0.1) is 11.6 Å². The molecule has 0 radical (unpaired) electrons. The zero-order chi connectivity index (χ0) is 21.2. The molecule has 2 aromatic rings. The van der Waals surface area contributed by atoms with Crippen LogP contribution in [0.4, 0.5) is 0 Å². The number of Topliss-reactive ketones (excluding diaryl/α,β-unsaturated/α-hetero) is 2. The summed E-state index contributed by atoms with van der Waals surface area (Å²) in [5.41, 5.74) is -1.49. The summed E-state index contributed by atoms with van der Waals surface area (Å²) in [6.07, 6.45) is 0.234. The van der Waals surface area contributed by atoms with Crippen LogP contribution in [0.1, 0.15) is 31.8 Å². The normalized spacial score (nSPS) is 14.5. The number of methoxy groups -OCH3 is 2. The predicted molar refractivity (Wildman–Crippen MR) is 106 cm³/mol. The minimum atomic E-state index is -2.38. The first-order valence-electron chi connectivity index (χ1n) is 8.87. The van der Waals surface area contributed by atoms with Gasteiger partial charge in [0.1, 0.15) is 5.88 Å². The van der Waals surface area contributed by atoms with Gasteiger partial charge in [-0.1, -0.05) is 24.3 Å². The molecule has 29 heavy (non-hydrogen) atoms. The Bertz CT molecular complexity index is 952. The molecule has 0 spiro atoms. The number of ether oxygens (including phenoxy) is 2. The molecular formula is C21H20ClNO6. The monoisotopic (exact) mass is 417 g/mol. The maximum absolute atomic E-state index is 13.0. The van der Waals surface area contributed by atoms with Crippen LogP contribution in [0.3, 0.4) is 0 Å². The summed E-state index contributed by atoms with van der Waals surface area (Å²) in [4.78, 5) is 37.5. The van der Waals surface area contributed by atoms with Crippen molar-refractivity contribution >= 4 is 29.1 Å². The van der Waals surface area contributed by atoms with Crippen LogP contribution in [-0.2, 0) is 16.8 Å². The number of ketones is 2. The van der Waals surface area contributed by atoms with E-state index in [9.17, 15) is 19.5 Å². The molecule has 0 heterocycles.